The van der Waals surface area contributed by atoms with Gasteiger partial charge in [-0.05, 0) is 57.0 Å². The highest BCUT2D eigenvalue weighted by Gasteiger charge is 2.25. The Balaban J connectivity index is 1.69. The van der Waals surface area contributed by atoms with Crippen molar-refractivity contribution in [2.45, 2.75) is 85.4 Å². The third-order valence-electron chi connectivity index (χ3n) is 6.05. The van der Waals surface area contributed by atoms with E-state index >= 15 is 0 Å². The summed E-state index contributed by atoms with van der Waals surface area (Å²) < 4.78 is 16.6. The molecule has 0 saturated heterocycles. The van der Waals surface area contributed by atoms with Gasteiger partial charge in [-0.2, -0.15) is 0 Å². The third kappa shape index (κ3) is 7.27. The Morgan fingerprint density at radius 2 is 1.71 bits per heavy atom. The molecule has 0 atom stereocenters. The largest absolute Gasteiger partial charge is 0.464 e. The molecule has 1 aliphatic rings. The van der Waals surface area contributed by atoms with Gasteiger partial charge in [0.05, 0.1) is 13.1 Å². The molecule has 0 spiro atoms. The molecular weight excluding hydrogens is 432 g/mol. The first-order valence-corrected chi connectivity index (χ1v) is 12.4. The van der Waals surface area contributed by atoms with Crippen molar-refractivity contribution in [2.75, 3.05) is 13.3 Å². The lowest BCUT2D eigenvalue weighted by molar-refractivity contribution is -0.143. The number of nitrogens with zero attached hydrogens (tertiary/aromatic N) is 2. The van der Waals surface area contributed by atoms with Gasteiger partial charge in [-0.15, -0.1) is 0 Å². The van der Waals surface area contributed by atoms with Crippen LogP contribution in [-0.4, -0.2) is 41.0 Å². The zero-order valence-electron chi connectivity index (χ0n) is 21.0. The van der Waals surface area contributed by atoms with E-state index in [1.807, 2.05) is 51.1 Å². The smallest absolute Gasteiger partial charge is 0.242 e. The maximum atomic E-state index is 13.5. The first-order chi connectivity index (χ1) is 16.4. The number of furan rings is 1. The number of unbranched alkanes of at least 4 members (excludes halogenated alkanes) is 4. The van der Waals surface area contributed by atoms with Crippen molar-refractivity contribution < 1.29 is 23.5 Å². The fourth-order valence-electron chi connectivity index (χ4n) is 4.08. The number of aryl methyl sites for hydroxylation is 1. The Bertz CT molecular complexity index is 952. The molecule has 0 saturated carbocycles. The van der Waals surface area contributed by atoms with Gasteiger partial charge in [0.15, 0.2) is 11.5 Å². The second-order valence-electron chi connectivity index (χ2n) is 9.23. The molecule has 3 rings (SSSR count). The molecule has 186 valence electrons. The number of rotatable bonds is 13. The molecule has 2 aromatic rings. The van der Waals surface area contributed by atoms with E-state index in [0.29, 0.717) is 36.8 Å². The van der Waals surface area contributed by atoms with Crippen molar-refractivity contribution >= 4 is 11.8 Å². The number of amides is 2. The third-order valence-corrected chi connectivity index (χ3v) is 6.05. The van der Waals surface area contributed by atoms with Crippen molar-refractivity contribution in [3.8, 4) is 11.5 Å². The molecule has 1 aliphatic heterocycles. The van der Waals surface area contributed by atoms with E-state index in [1.165, 1.54) is 12.8 Å². The molecule has 0 radical (unpaired) electrons. The molecular formula is C27H38N2O5. The van der Waals surface area contributed by atoms with Gasteiger partial charge in [0.25, 0.3) is 0 Å². The van der Waals surface area contributed by atoms with E-state index in [4.69, 9.17) is 13.9 Å². The maximum Gasteiger partial charge on any atom is 0.242 e. The Morgan fingerprint density at radius 3 is 2.41 bits per heavy atom. The van der Waals surface area contributed by atoms with Crippen molar-refractivity contribution in [2.24, 2.45) is 0 Å². The van der Waals surface area contributed by atoms with Crippen molar-refractivity contribution in [3.63, 3.8) is 0 Å². The van der Waals surface area contributed by atoms with Crippen LogP contribution in [0.25, 0.3) is 0 Å². The van der Waals surface area contributed by atoms with Crippen LogP contribution in [0.3, 0.4) is 0 Å². The first-order valence-electron chi connectivity index (χ1n) is 12.4. The van der Waals surface area contributed by atoms with Gasteiger partial charge in [-0.25, -0.2) is 0 Å². The molecule has 0 aliphatic carbocycles. The number of hydrogen-bond donors (Lipinski definition) is 0. The highest BCUT2D eigenvalue weighted by atomic mass is 16.7. The van der Waals surface area contributed by atoms with Crippen LogP contribution in [0.1, 0.15) is 76.4 Å². The Kier molecular flexibility index (Phi) is 9.42. The zero-order valence-corrected chi connectivity index (χ0v) is 21.0. The van der Waals surface area contributed by atoms with Gasteiger partial charge in [-0.1, -0.05) is 38.7 Å². The van der Waals surface area contributed by atoms with Gasteiger partial charge >= 0.3 is 0 Å². The van der Waals surface area contributed by atoms with E-state index in [9.17, 15) is 9.59 Å². The Labute approximate surface area is 203 Å². The predicted octanol–water partition coefficient (Wildman–Crippen LogP) is 5.44. The average Bonchev–Trinajstić information content (AvgIpc) is 3.44. The van der Waals surface area contributed by atoms with Crippen molar-refractivity contribution in [1.29, 1.82) is 0 Å². The van der Waals surface area contributed by atoms with Gasteiger partial charge in [-0.3, -0.25) is 9.59 Å². The Morgan fingerprint density at radius 1 is 0.941 bits per heavy atom. The van der Waals surface area contributed by atoms with Crippen LogP contribution < -0.4 is 9.47 Å². The second kappa shape index (κ2) is 12.5. The van der Waals surface area contributed by atoms with E-state index in [1.54, 1.807) is 9.80 Å². The van der Waals surface area contributed by atoms with Crippen LogP contribution >= 0.6 is 0 Å². The summed E-state index contributed by atoms with van der Waals surface area (Å²) in [5.41, 5.74) is 0.930. The lowest BCUT2D eigenvalue weighted by Crippen LogP contribution is -2.45. The minimum absolute atomic E-state index is 0.0386. The molecule has 1 aromatic carbocycles. The summed E-state index contributed by atoms with van der Waals surface area (Å²) in [5.74, 6) is 2.83. The summed E-state index contributed by atoms with van der Waals surface area (Å²) in [6.07, 6.45) is 5.91. The lowest BCUT2D eigenvalue weighted by Gasteiger charge is -2.30. The summed E-state index contributed by atoms with van der Waals surface area (Å²) >= 11 is 0. The summed E-state index contributed by atoms with van der Waals surface area (Å²) in [7, 11) is 0. The van der Waals surface area contributed by atoms with Crippen LogP contribution in [0.4, 0.5) is 0 Å². The van der Waals surface area contributed by atoms with Crippen molar-refractivity contribution in [1.82, 2.24) is 9.80 Å². The fourth-order valence-corrected chi connectivity index (χ4v) is 4.08. The molecule has 7 nitrogen and oxygen atoms in total. The summed E-state index contributed by atoms with van der Waals surface area (Å²) in [6.45, 7) is 8.95. The number of benzene rings is 1. The lowest BCUT2D eigenvalue weighted by atomic mass is 10.1. The van der Waals surface area contributed by atoms with Crippen LogP contribution in [-0.2, 0) is 22.7 Å². The second-order valence-corrected chi connectivity index (χ2v) is 9.23. The topological polar surface area (TPSA) is 72.2 Å². The molecule has 1 aromatic heterocycles. The number of fused-ring (bicyclic) bond motifs is 1. The number of hydrogen-bond acceptors (Lipinski definition) is 5. The summed E-state index contributed by atoms with van der Waals surface area (Å²) in [5, 5.41) is 0. The van der Waals surface area contributed by atoms with E-state index in [-0.39, 0.29) is 31.2 Å². The number of carbonyl (C=O) groups is 2. The van der Waals surface area contributed by atoms with Crippen LogP contribution in [0.15, 0.2) is 34.7 Å². The molecule has 0 unspecified atom stereocenters. The minimum Gasteiger partial charge on any atom is -0.464 e. The first kappa shape index (κ1) is 25.7. The highest BCUT2D eigenvalue weighted by Crippen LogP contribution is 2.33. The van der Waals surface area contributed by atoms with E-state index in [2.05, 4.69) is 6.92 Å². The van der Waals surface area contributed by atoms with Crippen LogP contribution in [0.2, 0.25) is 0 Å². The molecule has 2 amide bonds. The normalized spacial score (nSPS) is 12.3. The van der Waals surface area contributed by atoms with Crippen LogP contribution in [0.5, 0.6) is 11.5 Å². The quantitative estimate of drug-likeness (QED) is 0.364. The molecule has 0 fully saturated rings. The van der Waals surface area contributed by atoms with Gasteiger partial charge in [0.1, 0.15) is 11.5 Å². The van der Waals surface area contributed by atoms with Gasteiger partial charge in [0.2, 0.25) is 18.6 Å². The molecule has 0 N–H and O–H groups in total. The average molecular weight is 471 g/mol. The highest BCUT2D eigenvalue weighted by molar-refractivity contribution is 5.85. The van der Waals surface area contributed by atoms with Crippen molar-refractivity contribution in [3.05, 3.63) is 47.4 Å². The monoisotopic (exact) mass is 470 g/mol. The SMILES string of the molecule is CCCCCCCC(=O)N(CC(=O)N(Cc1ccc2c(c1)OCO2)Cc1ccc(C)o1)C(C)C. The molecule has 2 heterocycles. The molecule has 7 heteroatoms. The maximum absolute atomic E-state index is 13.5. The standard InChI is InChI=1S/C27H38N2O5/c1-5-6-7-8-9-10-26(30)29(20(2)3)18-27(31)28(17-23-13-11-21(4)34-23)16-22-12-14-24-25(15-22)33-19-32-24/h11-15,20H,5-10,16-19H2,1-4H3. The summed E-state index contributed by atoms with van der Waals surface area (Å²) in [4.78, 5) is 29.8. The minimum atomic E-state index is -0.111. The number of carbonyl (C=O) groups excluding carboxylic acids is 2. The van der Waals surface area contributed by atoms with E-state index < -0.39 is 0 Å². The van der Waals surface area contributed by atoms with Gasteiger partial charge < -0.3 is 23.7 Å². The zero-order chi connectivity index (χ0) is 24.5. The predicted molar refractivity (Wildman–Crippen MR) is 130 cm³/mol. The van der Waals surface area contributed by atoms with Gasteiger partial charge in [0, 0.05) is 19.0 Å². The summed E-state index contributed by atoms with van der Waals surface area (Å²) in [6, 6.07) is 9.42. The van der Waals surface area contributed by atoms with E-state index in [0.717, 1.165) is 30.6 Å². The number of ether oxygens (including phenoxy) is 2. The Hall–Kier alpha value is -2.96. The molecule has 0 bridgehead atoms. The fraction of sp³-hybridized carbons (Fsp3) is 0.556. The molecule has 34 heavy (non-hydrogen) atoms. The van der Waals surface area contributed by atoms with Crippen LogP contribution in [0, 0.1) is 6.92 Å².